The van der Waals surface area contributed by atoms with Crippen LogP contribution in [0.5, 0.6) is 5.75 Å². The molecule has 27 heavy (non-hydrogen) atoms. The number of methoxy groups -OCH3 is 1. The zero-order chi connectivity index (χ0) is 19.2. The van der Waals surface area contributed by atoms with Crippen molar-refractivity contribution < 1.29 is 14.3 Å². The molecule has 2 N–H and O–H groups in total. The topological polar surface area (TPSA) is 80.3 Å². The van der Waals surface area contributed by atoms with Crippen molar-refractivity contribution in [2.24, 2.45) is 0 Å². The van der Waals surface area contributed by atoms with Crippen LogP contribution in [0.15, 0.2) is 54.6 Å². The molecule has 1 aromatic heterocycles. The molecular formula is C21H21N3O3. The van der Waals surface area contributed by atoms with Gasteiger partial charge in [-0.15, -0.1) is 0 Å². The number of carbonyl (C=O) groups is 2. The van der Waals surface area contributed by atoms with E-state index in [1.54, 1.807) is 25.3 Å². The zero-order valence-electron chi connectivity index (χ0n) is 15.3. The summed E-state index contributed by atoms with van der Waals surface area (Å²) in [5.74, 6) is 0.0682. The highest BCUT2D eigenvalue weighted by Gasteiger charge is 2.15. The Balaban J connectivity index is 2.04. The van der Waals surface area contributed by atoms with Gasteiger partial charge in [0.25, 0.3) is 5.91 Å². The number of nitrogens with zero attached hydrogens (tertiary/aromatic N) is 1. The van der Waals surface area contributed by atoms with Crippen LogP contribution in [0.2, 0.25) is 0 Å². The van der Waals surface area contributed by atoms with Crippen LogP contribution in [-0.2, 0) is 4.79 Å². The second-order valence-corrected chi connectivity index (χ2v) is 5.94. The Labute approximate surface area is 157 Å². The number of pyridine rings is 1. The van der Waals surface area contributed by atoms with Crippen LogP contribution < -0.4 is 15.4 Å². The standard InChI is InChI=1S/C21H21N3O3/c1-3-22-20(25)13-23-21(26)17-12-19(14-7-5-4-6-8-14)24-18-10-9-15(27-2)11-16(17)18/h4-12H,3,13H2,1-2H3,(H,22,25)(H,23,26). The highest BCUT2D eigenvalue weighted by molar-refractivity contribution is 6.08. The molecule has 0 aliphatic rings. The van der Waals surface area contributed by atoms with Crippen LogP contribution in [0.25, 0.3) is 22.2 Å². The molecule has 2 amide bonds. The van der Waals surface area contributed by atoms with E-state index in [-0.39, 0.29) is 18.4 Å². The molecule has 138 valence electrons. The molecule has 6 nitrogen and oxygen atoms in total. The van der Waals surface area contributed by atoms with E-state index in [1.807, 2.05) is 43.3 Å². The van der Waals surface area contributed by atoms with Crippen molar-refractivity contribution >= 4 is 22.7 Å². The Kier molecular flexibility index (Phi) is 5.66. The van der Waals surface area contributed by atoms with Crippen LogP contribution in [0.4, 0.5) is 0 Å². The van der Waals surface area contributed by atoms with Gasteiger partial charge in [0.1, 0.15) is 5.75 Å². The van der Waals surface area contributed by atoms with E-state index in [1.165, 1.54) is 0 Å². The van der Waals surface area contributed by atoms with Crippen molar-refractivity contribution in [1.29, 1.82) is 0 Å². The van der Waals surface area contributed by atoms with Gasteiger partial charge in [-0.25, -0.2) is 4.98 Å². The number of aromatic nitrogens is 1. The number of hydrogen-bond acceptors (Lipinski definition) is 4. The van der Waals surface area contributed by atoms with Crippen molar-refractivity contribution in [2.75, 3.05) is 20.2 Å². The summed E-state index contributed by atoms with van der Waals surface area (Å²) in [6.45, 7) is 2.26. The molecule has 3 aromatic rings. The van der Waals surface area contributed by atoms with Gasteiger partial charge in [0.15, 0.2) is 0 Å². The number of likely N-dealkylation sites (N-methyl/N-ethyl adjacent to an activating group) is 1. The Hall–Kier alpha value is -3.41. The number of hydrogen-bond donors (Lipinski definition) is 2. The Bertz CT molecular complexity index is 971. The van der Waals surface area contributed by atoms with Crippen molar-refractivity contribution in [3.63, 3.8) is 0 Å². The van der Waals surface area contributed by atoms with E-state index in [2.05, 4.69) is 15.6 Å². The van der Waals surface area contributed by atoms with Crippen LogP contribution >= 0.6 is 0 Å². The van der Waals surface area contributed by atoms with Crippen molar-refractivity contribution in [3.8, 4) is 17.0 Å². The lowest BCUT2D eigenvalue weighted by molar-refractivity contribution is -0.120. The predicted molar refractivity (Wildman–Crippen MR) is 105 cm³/mol. The number of carbonyl (C=O) groups excluding carboxylic acids is 2. The lowest BCUT2D eigenvalue weighted by Gasteiger charge is -2.12. The fourth-order valence-electron chi connectivity index (χ4n) is 2.79. The summed E-state index contributed by atoms with van der Waals surface area (Å²) in [5, 5.41) is 6.00. The molecule has 0 saturated carbocycles. The first-order valence-corrected chi connectivity index (χ1v) is 8.71. The molecule has 0 spiro atoms. The maximum absolute atomic E-state index is 12.8. The first-order valence-electron chi connectivity index (χ1n) is 8.71. The number of ether oxygens (including phenoxy) is 1. The predicted octanol–water partition coefficient (Wildman–Crippen LogP) is 2.78. The van der Waals surface area contributed by atoms with E-state index in [0.29, 0.717) is 34.5 Å². The van der Waals surface area contributed by atoms with Gasteiger partial charge in [-0.3, -0.25) is 9.59 Å². The average Bonchev–Trinajstić information content (AvgIpc) is 2.71. The fourth-order valence-corrected chi connectivity index (χ4v) is 2.79. The normalized spacial score (nSPS) is 10.4. The third-order valence-electron chi connectivity index (χ3n) is 4.11. The largest absolute Gasteiger partial charge is 0.497 e. The third-order valence-corrected chi connectivity index (χ3v) is 4.11. The highest BCUT2D eigenvalue weighted by Crippen LogP contribution is 2.27. The van der Waals surface area contributed by atoms with Crippen molar-refractivity contribution in [3.05, 3.63) is 60.2 Å². The minimum Gasteiger partial charge on any atom is -0.497 e. The minimum absolute atomic E-state index is 0.0822. The molecular weight excluding hydrogens is 342 g/mol. The number of rotatable bonds is 6. The first-order chi connectivity index (χ1) is 13.1. The summed E-state index contributed by atoms with van der Waals surface area (Å²) < 4.78 is 5.28. The summed E-state index contributed by atoms with van der Waals surface area (Å²) in [5.41, 5.74) is 2.73. The number of benzene rings is 2. The summed E-state index contributed by atoms with van der Waals surface area (Å²) in [6, 6.07) is 16.8. The number of nitrogens with one attached hydrogen (secondary N) is 2. The highest BCUT2D eigenvalue weighted by atomic mass is 16.5. The monoisotopic (exact) mass is 363 g/mol. The van der Waals surface area contributed by atoms with Crippen LogP contribution in [0.1, 0.15) is 17.3 Å². The van der Waals surface area contributed by atoms with Gasteiger partial charge in [-0.05, 0) is 31.2 Å². The lowest BCUT2D eigenvalue weighted by atomic mass is 10.0. The van der Waals surface area contributed by atoms with Crippen LogP contribution in [0.3, 0.4) is 0 Å². The van der Waals surface area contributed by atoms with E-state index < -0.39 is 0 Å². The quantitative estimate of drug-likeness (QED) is 0.706. The second kappa shape index (κ2) is 8.31. The number of amides is 2. The molecule has 0 atom stereocenters. The minimum atomic E-state index is -0.334. The molecule has 0 radical (unpaired) electrons. The molecule has 0 saturated heterocycles. The lowest BCUT2D eigenvalue weighted by Crippen LogP contribution is -2.36. The second-order valence-electron chi connectivity index (χ2n) is 5.94. The Morgan fingerprint density at radius 1 is 1.04 bits per heavy atom. The van der Waals surface area contributed by atoms with E-state index in [0.717, 1.165) is 5.56 Å². The van der Waals surface area contributed by atoms with Crippen LogP contribution in [-0.4, -0.2) is 37.0 Å². The third kappa shape index (κ3) is 4.23. The molecule has 6 heteroatoms. The summed E-state index contributed by atoms with van der Waals surface area (Å²) in [7, 11) is 1.57. The summed E-state index contributed by atoms with van der Waals surface area (Å²) in [6.07, 6.45) is 0. The molecule has 0 aliphatic carbocycles. The molecule has 0 unspecified atom stereocenters. The van der Waals surface area contributed by atoms with Crippen molar-refractivity contribution in [2.45, 2.75) is 6.92 Å². The molecule has 0 bridgehead atoms. The van der Waals surface area contributed by atoms with Gasteiger partial charge < -0.3 is 15.4 Å². The summed E-state index contributed by atoms with van der Waals surface area (Å²) >= 11 is 0. The SMILES string of the molecule is CCNC(=O)CNC(=O)c1cc(-c2ccccc2)nc2ccc(OC)cc12. The molecule has 0 aliphatic heterocycles. The molecule has 0 fully saturated rings. The van der Waals surface area contributed by atoms with Gasteiger partial charge in [0.2, 0.25) is 5.91 Å². The molecule has 2 aromatic carbocycles. The van der Waals surface area contributed by atoms with Gasteiger partial charge in [0.05, 0.1) is 30.4 Å². The van der Waals surface area contributed by atoms with Gasteiger partial charge >= 0.3 is 0 Å². The molecule has 3 rings (SSSR count). The Morgan fingerprint density at radius 3 is 2.52 bits per heavy atom. The maximum atomic E-state index is 12.8. The summed E-state index contributed by atoms with van der Waals surface area (Å²) in [4.78, 5) is 29.1. The smallest absolute Gasteiger partial charge is 0.252 e. The van der Waals surface area contributed by atoms with Gasteiger partial charge in [0, 0.05) is 17.5 Å². The molecule has 1 heterocycles. The maximum Gasteiger partial charge on any atom is 0.252 e. The Morgan fingerprint density at radius 2 is 1.81 bits per heavy atom. The average molecular weight is 363 g/mol. The van der Waals surface area contributed by atoms with Crippen LogP contribution in [0, 0.1) is 0 Å². The first kappa shape index (κ1) is 18.4. The van der Waals surface area contributed by atoms with Crippen molar-refractivity contribution in [1.82, 2.24) is 15.6 Å². The van der Waals surface area contributed by atoms with E-state index in [4.69, 9.17) is 4.74 Å². The van der Waals surface area contributed by atoms with Gasteiger partial charge in [-0.1, -0.05) is 30.3 Å². The van der Waals surface area contributed by atoms with E-state index >= 15 is 0 Å². The van der Waals surface area contributed by atoms with E-state index in [9.17, 15) is 9.59 Å². The number of fused-ring (bicyclic) bond motifs is 1. The fraction of sp³-hybridized carbons (Fsp3) is 0.190. The van der Waals surface area contributed by atoms with Gasteiger partial charge in [-0.2, -0.15) is 0 Å². The zero-order valence-corrected chi connectivity index (χ0v) is 15.3.